The van der Waals surface area contributed by atoms with Crippen LogP contribution in [0.3, 0.4) is 0 Å². The Hall–Kier alpha value is -1.53. The van der Waals surface area contributed by atoms with E-state index in [-0.39, 0.29) is 5.82 Å². The number of hydrogen-bond donors (Lipinski definition) is 1. The fraction of sp³-hybridized carbons (Fsp3) is 0.273. The number of terminal acetylenes is 1. The minimum absolute atomic E-state index is 0.360. The molecule has 0 aliphatic carbocycles. The van der Waals surface area contributed by atoms with E-state index < -0.39 is 6.04 Å². The predicted octanol–water partition coefficient (Wildman–Crippen LogP) is 1.73. The van der Waals surface area contributed by atoms with E-state index in [1.807, 2.05) is 0 Å². The third kappa shape index (κ3) is 2.04. The van der Waals surface area contributed by atoms with Gasteiger partial charge in [-0.05, 0) is 19.2 Å². The number of ether oxygens (including phenoxy) is 1. The molecule has 0 amide bonds. The lowest BCUT2D eigenvalue weighted by Gasteiger charge is -2.11. The zero-order valence-corrected chi connectivity index (χ0v) is 8.17. The van der Waals surface area contributed by atoms with E-state index in [4.69, 9.17) is 11.2 Å². The zero-order chi connectivity index (χ0) is 10.6. The van der Waals surface area contributed by atoms with Crippen LogP contribution in [0.25, 0.3) is 0 Å². The van der Waals surface area contributed by atoms with Crippen LogP contribution in [0.4, 0.5) is 4.39 Å². The van der Waals surface area contributed by atoms with Gasteiger partial charge in [0.25, 0.3) is 0 Å². The molecule has 0 saturated heterocycles. The predicted molar refractivity (Wildman–Crippen MR) is 53.6 cm³/mol. The molecule has 0 heterocycles. The summed E-state index contributed by atoms with van der Waals surface area (Å²) in [5.74, 6) is 2.58. The first kappa shape index (κ1) is 10.6. The molecule has 0 radical (unpaired) electrons. The number of nitrogens with one attached hydrogen (secondary N) is 1. The Balaban J connectivity index is 3.06. The molecule has 0 bridgehead atoms. The number of hydrogen-bond acceptors (Lipinski definition) is 2. The quantitative estimate of drug-likeness (QED) is 0.738. The Morgan fingerprint density at radius 2 is 2.29 bits per heavy atom. The molecule has 0 aliphatic rings. The van der Waals surface area contributed by atoms with Gasteiger partial charge in [0.15, 0.2) is 0 Å². The zero-order valence-electron chi connectivity index (χ0n) is 8.17. The molecule has 1 aromatic rings. The lowest BCUT2D eigenvalue weighted by atomic mass is 10.1. The summed E-state index contributed by atoms with van der Waals surface area (Å²) in [4.78, 5) is 0. The number of benzene rings is 1. The smallest absolute Gasteiger partial charge is 0.132 e. The molecule has 3 heteroatoms. The maximum atomic E-state index is 13.4. The Morgan fingerprint density at radius 3 is 2.71 bits per heavy atom. The van der Waals surface area contributed by atoms with E-state index in [0.717, 1.165) is 0 Å². The third-order valence-electron chi connectivity index (χ3n) is 1.97. The van der Waals surface area contributed by atoms with Gasteiger partial charge in [0.1, 0.15) is 11.6 Å². The Morgan fingerprint density at radius 1 is 1.57 bits per heavy atom. The highest BCUT2D eigenvalue weighted by molar-refractivity contribution is 5.33. The van der Waals surface area contributed by atoms with Gasteiger partial charge in [-0.1, -0.05) is 5.92 Å². The van der Waals surface area contributed by atoms with Gasteiger partial charge in [-0.2, -0.15) is 0 Å². The van der Waals surface area contributed by atoms with Crippen molar-refractivity contribution in [3.05, 3.63) is 29.6 Å². The first-order valence-electron chi connectivity index (χ1n) is 4.19. The average Bonchev–Trinajstić information content (AvgIpc) is 2.22. The highest BCUT2D eigenvalue weighted by Gasteiger charge is 2.11. The van der Waals surface area contributed by atoms with Gasteiger partial charge < -0.3 is 10.1 Å². The molecule has 0 aliphatic heterocycles. The van der Waals surface area contributed by atoms with Crippen LogP contribution in [0.5, 0.6) is 5.75 Å². The van der Waals surface area contributed by atoms with Crippen molar-refractivity contribution in [2.45, 2.75) is 6.04 Å². The summed E-state index contributed by atoms with van der Waals surface area (Å²) < 4.78 is 18.3. The molecule has 1 atom stereocenters. The van der Waals surface area contributed by atoms with Gasteiger partial charge in [0.05, 0.1) is 13.2 Å². The van der Waals surface area contributed by atoms with Gasteiger partial charge in [-0.25, -0.2) is 4.39 Å². The molecule has 1 rings (SSSR count). The molecular weight excluding hydrogens is 181 g/mol. The third-order valence-corrected chi connectivity index (χ3v) is 1.97. The summed E-state index contributed by atoms with van der Waals surface area (Å²) in [6.07, 6.45) is 5.24. The minimum Gasteiger partial charge on any atom is -0.497 e. The SMILES string of the molecule is C#CC(NC)c1ccc(OC)cc1F. The van der Waals surface area contributed by atoms with Gasteiger partial charge in [0.2, 0.25) is 0 Å². The summed E-state index contributed by atoms with van der Waals surface area (Å²) >= 11 is 0. The van der Waals surface area contributed by atoms with E-state index in [1.165, 1.54) is 13.2 Å². The molecule has 74 valence electrons. The highest BCUT2D eigenvalue weighted by Crippen LogP contribution is 2.21. The van der Waals surface area contributed by atoms with Crippen LogP contribution >= 0.6 is 0 Å². The Bertz CT molecular complexity index is 357. The van der Waals surface area contributed by atoms with Crippen molar-refractivity contribution in [3.63, 3.8) is 0 Å². The van der Waals surface area contributed by atoms with E-state index in [2.05, 4.69) is 11.2 Å². The molecule has 1 N–H and O–H groups in total. The fourth-order valence-electron chi connectivity index (χ4n) is 1.20. The first-order chi connectivity index (χ1) is 6.72. The molecule has 1 aromatic carbocycles. The number of halogens is 1. The lowest BCUT2D eigenvalue weighted by molar-refractivity contribution is 0.410. The number of rotatable bonds is 3. The Kier molecular flexibility index (Phi) is 3.49. The van der Waals surface area contributed by atoms with Gasteiger partial charge in [0, 0.05) is 11.6 Å². The number of methoxy groups -OCH3 is 1. The molecule has 2 nitrogen and oxygen atoms in total. The molecule has 0 aromatic heterocycles. The van der Waals surface area contributed by atoms with Crippen LogP contribution in [-0.4, -0.2) is 14.2 Å². The van der Waals surface area contributed by atoms with Crippen LogP contribution in [0.2, 0.25) is 0 Å². The second kappa shape index (κ2) is 4.64. The van der Waals surface area contributed by atoms with Crippen molar-refractivity contribution in [1.29, 1.82) is 0 Å². The summed E-state index contributed by atoms with van der Waals surface area (Å²) in [5.41, 5.74) is 0.454. The molecule has 0 spiro atoms. The highest BCUT2D eigenvalue weighted by atomic mass is 19.1. The van der Waals surface area contributed by atoms with Crippen LogP contribution in [-0.2, 0) is 0 Å². The lowest BCUT2D eigenvalue weighted by Crippen LogP contribution is -2.15. The second-order valence-corrected chi connectivity index (χ2v) is 2.78. The topological polar surface area (TPSA) is 21.3 Å². The van der Waals surface area contributed by atoms with Crippen molar-refractivity contribution in [2.24, 2.45) is 0 Å². The normalized spacial score (nSPS) is 11.9. The minimum atomic E-state index is -0.402. The molecule has 14 heavy (non-hydrogen) atoms. The average molecular weight is 193 g/mol. The van der Waals surface area contributed by atoms with Crippen molar-refractivity contribution in [3.8, 4) is 18.1 Å². The monoisotopic (exact) mass is 193 g/mol. The molecule has 0 fully saturated rings. The maximum Gasteiger partial charge on any atom is 0.132 e. The van der Waals surface area contributed by atoms with Crippen LogP contribution in [0.15, 0.2) is 18.2 Å². The largest absolute Gasteiger partial charge is 0.497 e. The van der Waals surface area contributed by atoms with Gasteiger partial charge in [-0.15, -0.1) is 6.42 Å². The van der Waals surface area contributed by atoms with E-state index in [9.17, 15) is 4.39 Å². The van der Waals surface area contributed by atoms with Crippen molar-refractivity contribution in [1.82, 2.24) is 5.32 Å². The Labute approximate surface area is 83.1 Å². The van der Waals surface area contributed by atoms with Crippen LogP contribution in [0.1, 0.15) is 11.6 Å². The van der Waals surface area contributed by atoms with E-state index >= 15 is 0 Å². The van der Waals surface area contributed by atoms with Gasteiger partial charge in [-0.3, -0.25) is 0 Å². The van der Waals surface area contributed by atoms with Crippen molar-refractivity contribution >= 4 is 0 Å². The first-order valence-corrected chi connectivity index (χ1v) is 4.19. The molecule has 0 saturated carbocycles. The summed E-state index contributed by atoms with van der Waals surface area (Å²) in [7, 11) is 3.18. The van der Waals surface area contributed by atoms with Gasteiger partial charge >= 0.3 is 0 Å². The standard InChI is InChI=1S/C11H12FNO/c1-4-11(13-2)9-6-5-8(14-3)7-10(9)12/h1,5-7,11,13H,2-3H3. The molecule has 1 unspecified atom stereocenters. The summed E-state index contributed by atoms with van der Waals surface area (Å²) in [6.45, 7) is 0. The fourth-order valence-corrected chi connectivity index (χ4v) is 1.20. The van der Waals surface area contributed by atoms with Crippen molar-refractivity contribution < 1.29 is 9.13 Å². The maximum absolute atomic E-state index is 13.4. The van der Waals surface area contributed by atoms with Crippen LogP contribution in [0, 0.1) is 18.2 Å². The summed E-state index contributed by atoms with van der Waals surface area (Å²) in [6, 6.07) is 4.22. The van der Waals surface area contributed by atoms with Crippen LogP contribution < -0.4 is 10.1 Å². The second-order valence-electron chi connectivity index (χ2n) is 2.78. The van der Waals surface area contributed by atoms with E-state index in [0.29, 0.717) is 11.3 Å². The van der Waals surface area contributed by atoms with E-state index in [1.54, 1.807) is 19.2 Å². The summed E-state index contributed by atoms with van der Waals surface area (Å²) in [5, 5.41) is 2.83. The van der Waals surface area contributed by atoms with Crippen molar-refractivity contribution in [2.75, 3.05) is 14.2 Å². The molecular formula is C11H12FNO.